The van der Waals surface area contributed by atoms with Crippen molar-refractivity contribution in [1.82, 2.24) is 4.90 Å². The summed E-state index contributed by atoms with van der Waals surface area (Å²) >= 11 is 0. The molecular weight excluding hydrogens is 522 g/mol. The fourth-order valence-corrected chi connectivity index (χ4v) is 5.46. The summed E-state index contributed by atoms with van der Waals surface area (Å²) in [7, 11) is 1.55. The van der Waals surface area contributed by atoms with Crippen LogP contribution in [-0.4, -0.2) is 52.6 Å². The molecule has 2 aliphatic heterocycles. The van der Waals surface area contributed by atoms with Gasteiger partial charge >= 0.3 is 0 Å². The molecule has 3 atom stereocenters. The van der Waals surface area contributed by atoms with E-state index in [1.165, 1.54) is 0 Å². The average molecular weight is 556 g/mol. The largest absolute Gasteiger partial charge is 0.497 e. The molecule has 0 saturated carbocycles. The third kappa shape index (κ3) is 5.46. The van der Waals surface area contributed by atoms with E-state index in [1.54, 1.807) is 73.6 Å². The number of aliphatic hydroxyl groups is 2. The Kier molecular flexibility index (Phi) is 7.92. The first-order valence-corrected chi connectivity index (χ1v) is 13.5. The molecule has 0 bridgehead atoms. The van der Waals surface area contributed by atoms with Gasteiger partial charge in [0.2, 0.25) is 5.91 Å². The van der Waals surface area contributed by atoms with Gasteiger partial charge in [-0.1, -0.05) is 43.3 Å². The van der Waals surface area contributed by atoms with E-state index in [2.05, 4.69) is 10.6 Å². The summed E-state index contributed by atoms with van der Waals surface area (Å²) in [5.41, 5.74) is 1.94. The van der Waals surface area contributed by atoms with E-state index in [0.717, 1.165) is 11.1 Å². The number of nitrogens with one attached hydrogen (secondary N) is 2. The summed E-state index contributed by atoms with van der Waals surface area (Å²) < 4.78 is 5.13. The number of carbonyl (C=O) groups is 3. The van der Waals surface area contributed by atoms with Crippen LogP contribution in [0.2, 0.25) is 0 Å². The summed E-state index contributed by atoms with van der Waals surface area (Å²) in [5.74, 6) is -1.12. The zero-order valence-corrected chi connectivity index (χ0v) is 23.0. The fraction of sp³-hybridized carbons (Fsp3) is 0.281. The van der Waals surface area contributed by atoms with Crippen LogP contribution in [0.4, 0.5) is 11.4 Å². The summed E-state index contributed by atoms with van der Waals surface area (Å²) in [6.07, 6.45) is 3.96. The highest BCUT2D eigenvalue weighted by Crippen LogP contribution is 2.43. The van der Waals surface area contributed by atoms with Gasteiger partial charge in [0.25, 0.3) is 11.8 Å². The molecule has 3 aromatic rings. The van der Waals surface area contributed by atoms with Gasteiger partial charge < -0.3 is 30.5 Å². The van der Waals surface area contributed by atoms with E-state index >= 15 is 0 Å². The monoisotopic (exact) mass is 555 g/mol. The summed E-state index contributed by atoms with van der Waals surface area (Å²) in [6, 6.07) is 19.1. The van der Waals surface area contributed by atoms with Gasteiger partial charge in [-0.15, -0.1) is 0 Å². The van der Waals surface area contributed by atoms with Crippen molar-refractivity contribution in [3.05, 3.63) is 101 Å². The second-order valence-electron chi connectivity index (χ2n) is 10.4. The number of nitrogens with zero attached hydrogens (tertiary/aromatic N) is 1. The Morgan fingerprint density at radius 1 is 1.15 bits per heavy atom. The molecule has 9 heteroatoms. The van der Waals surface area contributed by atoms with Crippen LogP contribution in [0.1, 0.15) is 40.4 Å². The van der Waals surface area contributed by atoms with Crippen molar-refractivity contribution in [2.75, 3.05) is 24.4 Å². The van der Waals surface area contributed by atoms with Gasteiger partial charge in [0.1, 0.15) is 5.75 Å². The van der Waals surface area contributed by atoms with Crippen LogP contribution in [0, 0.1) is 5.92 Å². The van der Waals surface area contributed by atoms with E-state index in [4.69, 9.17) is 4.74 Å². The Balaban J connectivity index is 1.28. The predicted molar refractivity (Wildman–Crippen MR) is 154 cm³/mol. The van der Waals surface area contributed by atoms with E-state index in [9.17, 15) is 24.6 Å². The van der Waals surface area contributed by atoms with Gasteiger partial charge in [0, 0.05) is 41.4 Å². The first kappa shape index (κ1) is 28.1. The SMILES string of the molecule is COc1ccc(C(=O)Nc2ccc3c(c2)[C@](O)([C@@H](C)/C=C/CC(=O)N2Cc4ccccc4C[C@H]2CO)C(=O)N3)cc1. The number of hydrogen-bond acceptors (Lipinski definition) is 6. The van der Waals surface area contributed by atoms with Gasteiger partial charge in [-0.25, -0.2) is 0 Å². The van der Waals surface area contributed by atoms with Crippen LogP contribution in [0.15, 0.2) is 78.9 Å². The second kappa shape index (κ2) is 11.6. The normalized spacial score (nSPS) is 20.2. The van der Waals surface area contributed by atoms with Crippen LogP contribution in [0.3, 0.4) is 0 Å². The van der Waals surface area contributed by atoms with Crippen molar-refractivity contribution in [2.45, 2.75) is 38.0 Å². The Hall–Kier alpha value is -4.47. The van der Waals surface area contributed by atoms with Crippen molar-refractivity contribution in [3.63, 3.8) is 0 Å². The number of fused-ring (bicyclic) bond motifs is 2. The topological polar surface area (TPSA) is 128 Å². The van der Waals surface area contributed by atoms with Crippen LogP contribution in [0.5, 0.6) is 5.75 Å². The highest BCUT2D eigenvalue weighted by atomic mass is 16.5. The van der Waals surface area contributed by atoms with Crippen molar-refractivity contribution in [2.24, 2.45) is 5.92 Å². The van der Waals surface area contributed by atoms with Crippen LogP contribution in [0.25, 0.3) is 0 Å². The van der Waals surface area contributed by atoms with Gasteiger partial charge in [0.05, 0.1) is 19.8 Å². The summed E-state index contributed by atoms with van der Waals surface area (Å²) in [6.45, 7) is 1.99. The van der Waals surface area contributed by atoms with Gasteiger partial charge in [-0.3, -0.25) is 14.4 Å². The minimum Gasteiger partial charge on any atom is -0.497 e. The Morgan fingerprint density at radius 2 is 1.88 bits per heavy atom. The minimum absolute atomic E-state index is 0.0610. The Bertz CT molecular complexity index is 1500. The first-order valence-electron chi connectivity index (χ1n) is 13.5. The molecule has 9 nitrogen and oxygen atoms in total. The highest BCUT2D eigenvalue weighted by molar-refractivity contribution is 6.07. The quantitative estimate of drug-likeness (QED) is 0.315. The molecule has 0 aliphatic carbocycles. The molecule has 2 heterocycles. The second-order valence-corrected chi connectivity index (χ2v) is 10.4. The number of rotatable bonds is 8. The number of benzene rings is 3. The molecule has 0 radical (unpaired) electrons. The molecule has 2 aliphatic rings. The molecule has 4 N–H and O–H groups in total. The van der Waals surface area contributed by atoms with Gasteiger partial charge in [-0.05, 0) is 60.0 Å². The molecule has 0 spiro atoms. The molecular formula is C32H33N3O6. The lowest BCUT2D eigenvalue weighted by Gasteiger charge is -2.36. The molecule has 0 aromatic heterocycles. The lowest BCUT2D eigenvalue weighted by atomic mass is 9.82. The number of methoxy groups -OCH3 is 1. The maximum atomic E-state index is 13.1. The lowest BCUT2D eigenvalue weighted by Crippen LogP contribution is -2.46. The zero-order valence-electron chi connectivity index (χ0n) is 23.0. The van der Waals surface area contributed by atoms with Crippen LogP contribution >= 0.6 is 0 Å². The summed E-state index contributed by atoms with van der Waals surface area (Å²) in [5, 5.41) is 27.0. The number of carbonyl (C=O) groups excluding carboxylic acids is 3. The standard InChI is InChI=1S/C32H33N3O6/c1-20(6-5-9-29(37)35-18-23-8-4-3-7-22(23)16-25(35)19-36)32(40)27-17-24(12-15-28(27)34-31(32)39)33-30(38)21-10-13-26(41-2)14-11-21/h3-8,10-15,17,20,25,36,40H,9,16,18-19H2,1-2H3,(H,33,38)(H,34,39)/b6-5+/t20-,25-,32+/m0/s1. The zero-order chi connectivity index (χ0) is 29.1. The molecule has 0 saturated heterocycles. The maximum absolute atomic E-state index is 13.1. The smallest absolute Gasteiger partial charge is 0.261 e. The summed E-state index contributed by atoms with van der Waals surface area (Å²) in [4.78, 5) is 40.5. The number of hydrogen-bond donors (Lipinski definition) is 4. The Labute approximate surface area is 238 Å². The van der Waals surface area contributed by atoms with E-state index in [-0.39, 0.29) is 30.9 Å². The molecule has 41 heavy (non-hydrogen) atoms. The maximum Gasteiger partial charge on any atom is 0.261 e. The first-order chi connectivity index (χ1) is 19.7. The molecule has 0 unspecified atom stereocenters. The molecule has 5 rings (SSSR count). The molecule has 3 aromatic carbocycles. The van der Waals surface area contributed by atoms with E-state index in [1.807, 2.05) is 24.3 Å². The third-order valence-electron chi connectivity index (χ3n) is 7.90. The number of ether oxygens (including phenoxy) is 1. The van der Waals surface area contributed by atoms with E-state index in [0.29, 0.717) is 41.2 Å². The fourth-order valence-electron chi connectivity index (χ4n) is 5.46. The van der Waals surface area contributed by atoms with Crippen molar-refractivity contribution < 1.29 is 29.3 Å². The average Bonchev–Trinajstić information content (AvgIpc) is 3.25. The van der Waals surface area contributed by atoms with Crippen molar-refractivity contribution in [3.8, 4) is 5.75 Å². The third-order valence-corrected chi connectivity index (χ3v) is 7.90. The van der Waals surface area contributed by atoms with Crippen LogP contribution in [-0.2, 0) is 28.2 Å². The number of amides is 3. The predicted octanol–water partition coefficient (Wildman–Crippen LogP) is 3.62. The molecule has 0 fully saturated rings. The minimum atomic E-state index is -1.90. The molecule has 3 amide bonds. The Morgan fingerprint density at radius 3 is 2.59 bits per heavy atom. The highest BCUT2D eigenvalue weighted by Gasteiger charge is 2.48. The van der Waals surface area contributed by atoms with Gasteiger partial charge in [0.15, 0.2) is 5.60 Å². The van der Waals surface area contributed by atoms with Crippen molar-refractivity contribution in [1.29, 1.82) is 0 Å². The number of anilines is 2. The molecule has 212 valence electrons. The van der Waals surface area contributed by atoms with Crippen LogP contribution < -0.4 is 15.4 Å². The van der Waals surface area contributed by atoms with Crippen molar-refractivity contribution >= 4 is 29.1 Å². The van der Waals surface area contributed by atoms with E-state index < -0.39 is 17.4 Å². The number of aliphatic hydroxyl groups excluding tert-OH is 1. The van der Waals surface area contributed by atoms with Gasteiger partial charge in [-0.2, -0.15) is 0 Å². The lowest BCUT2D eigenvalue weighted by molar-refractivity contribution is -0.137.